The van der Waals surface area contributed by atoms with Crippen molar-refractivity contribution >= 4 is 5.91 Å². The molecule has 0 spiro atoms. The summed E-state index contributed by atoms with van der Waals surface area (Å²) < 4.78 is 5.51. The molecule has 2 aliphatic heterocycles. The SMILES string of the molecule is CC1OCCC1N(C)C(=O)C1CCCNC1. The molecule has 4 nitrogen and oxygen atoms in total. The summed E-state index contributed by atoms with van der Waals surface area (Å²) >= 11 is 0. The maximum Gasteiger partial charge on any atom is 0.227 e. The molecule has 2 saturated heterocycles. The van der Waals surface area contributed by atoms with Crippen molar-refractivity contribution in [1.29, 1.82) is 0 Å². The van der Waals surface area contributed by atoms with Crippen molar-refractivity contribution in [3.63, 3.8) is 0 Å². The van der Waals surface area contributed by atoms with E-state index in [9.17, 15) is 4.79 Å². The van der Waals surface area contributed by atoms with Gasteiger partial charge in [-0.3, -0.25) is 4.79 Å². The van der Waals surface area contributed by atoms with Crippen LogP contribution in [0.15, 0.2) is 0 Å². The molecule has 0 radical (unpaired) electrons. The molecule has 0 aromatic rings. The first-order valence-corrected chi connectivity index (χ1v) is 6.29. The molecular weight excluding hydrogens is 204 g/mol. The lowest BCUT2D eigenvalue weighted by atomic mass is 9.97. The fraction of sp³-hybridized carbons (Fsp3) is 0.917. The second-order valence-corrected chi connectivity index (χ2v) is 4.92. The van der Waals surface area contributed by atoms with Gasteiger partial charge in [-0.15, -0.1) is 0 Å². The highest BCUT2D eigenvalue weighted by Gasteiger charge is 2.33. The molecule has 1 N–H and O–H groups in total. The smallest absolute Gasteiger partial charge is 0.227 e. The molecule has 4 heteroatoms. The van der Waals surface area contributed by atoms with E-state index in [1.54, 1.807) is 0 Å². The number of nitrogens with one attached hydrogen (secondary N) is 1. The second kappa shape index (κ2) is 5.15. The maximum atomic E-state index is 12.3. The van der Waals surface area contributed by atoms with Gasteiger partial charge in [-0.25, -0.2) is 0 Å². The average Bonchev–Trinajstić information content (AvgIpc) is 2.75. The number of nitrogens with zero attached hydrogens (tertiary/aromatic N) is 1. The monoisotopic (exact) mass is 226 g/mol. The predicted molar refractivity (Wildman–Crippen MR) is 62.2 cm³/mol. The van der Waals surface area contributed by atoms with Gasteiger partial charge in [-0.05, 0) is 32.7 Å². The molecule has 3 unspecified atom stereocenters. The summed E-state index contributed by atoms with van der Waals surface area (Å²) in [6, 6.07) is 0.273. The van der Waals surface area contributed by atoms with Crippen molar-refractivity contribution in [3.8, 4) is 0 Å². The van der Waals surface area contributed by atoms with Crippen LogP contribution in [0.4, 0.5) is 0 Å². The van der Waals surface area contributed by atoms with E-state index in [2.05, 4.69) is 12.2 Å². The number of piperidine rings is 1. The Hall–Kier alpha value is -0.610. The van der Waals surface area contributed by atoms with Gasteiger partial charge in [0, 0.05) is 20.2 Å². The highest BCUT2D eigenvalue weighted by molar-refractivity contribution is 5.79. The summed E-state index contributed by atoms with van der Waals surface area (Å²) in [6.07, 6.45) is 3.30. The van der Waals surface area contributed by atoms with Crippen LogP contribution >= 0.6 is 0 Å². The Morgan fingerprint density at radius 1 is 1.44 bits per heavy atom. The topological polar surface area (TPSA) is 41.6 Å². The fourth-order valence-electron chi connectivity index (χ4n) is 2.74. The van der Waals surface area contributed by atoms with Crippen LogP contribution in [0, 0.1) is 5.92 Å². The molecule has 2 heterocycles. The fourth-order valence-corrected chi connectivity index (χ4v) is 2.74. The molecule has 0 saturated carbocycles. The van der Waals surface area contributed by atoms with Gasteiger partial charge in [-0.1, -0.05) is 0 Å². The molecule has 0 aliphatic carbocycles. The molecule has 2 fully saturated rings. The Balaban J connectivity index is 1.92. The van der Waals surface area contributed by atoms with E-state index >= 15 is 0 Å². The first kappa shape index (κ1) is 11.9. The number of amides is 1. The zero-order valence-electron chi connectivity index (χ0n) is 10.2. The Bertz CT molecular complexity index is 251. The van der Waals surface area contributed by atoms with Gasteiger partial charge < -0.3 is 15.0 Å². The third-order valence-electron chi connectivity index (χ3n) is 3.83. The van der Waals surface area contributed by atoms with Gasteiger partial charge >= 0.3 is 0 Å². The summed E-state index contributed by atoms with van der Waals surface area (Å²) in [5.74, 6) is 0.459. The second-order valence-electron chi connectivity index (χ2n) is 4.92. The Morgan fingerprint density at radius 3 is 2.81 bits per heavy atom. The van der Waals surface area contributed by atoms with Gasteiger partial charge in [-0.2, -0.15) is 0 Å². The number of likely N-dealkylation sites (N-methyl/N-ethyl adjacent to an activating group) is 1. The number of ether oxygens (including phenoxy) is 1. The lowest BCUT2D eigenvalue weighted by molar-refractivity contribution is -0.137. The Labute approximate surface area is 97.3 Å². The molecule has 0 bridgehead atoms. The first-order chi connectivity index (χ1) is 7.70. The Morgan fingerprint density at radius 2 is 2.25 bits per heavy atom. The van der Waals surface area contributed by atoms with Crippen molar-refractivity contribution < 1.29 is 9.53 Å². The minimum absolute atomic E-state index is 0.173. The maximum absolute atomic E-state index is 12.3. The van der Waals surface area contributed by atoms with Gasteiger partial charge in [0.15, 0.2) is 0 Å². The van der Waals surface area contributed by atoms with Crippen molar-refractivity contribution in [1.82, 2.24) is 10.2 Å². The van der Waals surface area contributed by atoms with E-state index in [0.29, 0.717) is 0 Å². The normalized spacial score (nSPS) is 35.0. The van der Waals surface area contributed by atoms with Crippen LogP contribution in [0.25, 0.3) is 0 Å². The summed E-state index contributed by atoms with van der Waals surface area (Å²) in [5.41, 5.74) is 0. The zero-order chi connectivity index (χ0) is 11.5. The third kappa shape index (κ3) is 2.38. The van der Waals surface area contributed by atoms with Crippen molar-refractivity contribution in [3.05, 3.63) is 0 Å². The van der Waals surface area contributed by atoms with Crippen molar-refractivity contribution in [2.75, 3.05) is 26.7 Å². The molecule has 2 aliphatic rings. The lowest BCUT2D eigenvalue weighted by Gasteiger charge is -2.32. The van der Waals surface area contributed by atoms with E-state index in [-0.39, 0.29) is 24.0 Å². The number of carbonyl (C=O) groups excluding carboxylic acids is 1. The van der Waals surface area contributed by atoms with E-state index in [0.717, 1.165) is 39.0 Å². The van der Waals surface area contributed by atoms with E-state index in [4.69, 9.17) is 4.74 Å². The van der Waals surface area contributed by atoms with Crippen molar-refractivity contribution in [2.45, 2.75) is 38.3 Å². The van der Waals surface area contributed by atoms with Gasteiger partial charge in [0.2, 0.25) is 5.91 Å². The first-order valence-electron chi connectivity index (χ1n) is 6.29. The highest BCUT2D eigenvalue weighted by atomic mass is 16.5. The highest BCUT2D eigenvalue weighted by Crippen LogP contribution is 2.21. The average molecular weight is 226 g/mol. The quantitative estimate of drug-likeness (QED) is 0.750. The molecule has 0 aromatic carbocycles. The zero-order valence-corrected chi connectivity index (χ0v) is 10.2. The minimum atomic E-state index is 0.173. The largest absolute Gasteiger partial charge is 0.376 e. The van der Waals surface area contributed by atoms with E-state index < -0.39 is 0 Å². The molecular formula is C12H22N2O2. The Kier molecular flexibility index (Phi) is 3.82. The summed E-state index contributed by atoms with van der Waals surface area (Å²) in [7, 11) is 1.92. The molecule has 92 valence electrons. The van der Waals surface area contributed by atoms with Gasteiger partial charge in [0.1, 0.15) is 0 Å². The van der Waals surface area contributed by atoms with Crippen LogP contribution in [0.1, 0.15) is 26.2 Å². The van der Waals surface area contributed by atoms with E-state index in [1.165, 1.54) is 0 Å². The minimum Gasteiger partial charge on any atom is -0.376 e. The predicted octanol–water partition coefficient (Wildman–Crippen LogP) is 0.622. The molecule has 0 aromatic heterocycles. The van der Waals surface area contributed by atoms with Gasteiger partial charge in [0.25, 0.3) is 0 Å². The number of carbonyl (C=O) groups is 1. The molecule has 16 heavy (non-hydrogen) atoms. The van der Waals surface area contributed by atoms with Crippen LogP contribution in [0.2, 0.25) is 0 Å². The van der Waals surface area contributed by atoms with Crippen LogP contribution in [0.5, 0.6) is 0 Å². The summed E-state index contributed by atoms with van der Waals surface area (Å²) in [4.78, 5) is 14.2. The summed E-state index contributed by atoms with van der Waals surface area (Å²) in [6.45, 7) is 4.73. The van der Waals surface area contributed by atoms with Crippen LogP contribution in [-0.4, -0.2) is 49.7 Å². The van der Waals surface area contributed by atoms with Gasteiger partial charge in [0.05, 0.1) is 18.1 Å². The van der Waals surface area contributed by atoms with Crippen LogP contribution in [-0.2, 0) is 9.53 Å². The molecule has 2 rings (SSSR count). The molecule has 3 atom stereocenters. The van der Waals surface area contributed by atoms with E-state index in [1.807, 2.05) is 11.9 Å². The number of rotatable bonds is 2. The summed E-state index contributed by atoms with van der Waals surface area (Å²) in [5, 5.41) is 3.29. The third-order valence-corrected chi connectivity index (χ3v) is 3.83. The number of hydrogen-bond acceptors (Lipinski definition) is 3. The van der Waals surface area contributed by atoms with Crippen LogP contribution < -0.4 is 5.32 Å². The van der Waals surface area contributed by atoms with Crippen LogP contribution in [0.3, 0.4) is 0 Å². The van der Waals surface area contributed by atoms with Crippen molar-refractivity contribution in [2.24, 2.45) is 5.92 Å². The lowest BCUT2D eigenvalue weighted by Crippen LogP contribution is -2.47. The molecule has 1 amide bonds. The standard InChI is InChI=1S/C12H22N2O2/c1-9-11(5-7-16-9)14(2)12(15)10-4-3-6-13-8-10/h9-11,13H,3-8H2,1-2H3. The number of hydrogen-bond donors (Lipinski definition) is 1.